The summed E-state index contributed by atoms with van der Waals surface area (Å²) in [4.78, 5) is 2.33. The molecule has 0 unspecified atom stereocenters. The van der Waals surface area contributed by atoms with Crippen molar-refractivity contribution in [3.05, 3.63) is 138 Å². The molecule has 2 heteroatoms. The van der Waals surface area contributed by atoms with Gasteiger partial charge in [-0.25, -0.2) is 0 Å². The van der Waals surface area contributed by atoms with Gasteiger partial charge in [-0.1, -0.05) is 96.5 Å². The van der Waals surface area contributed by atoms with Gasteiger partial charge in [0.15, 0.2) is 0 Å². The Kier molecular flexibility index (Phi) is 5.25. The van der Waals surface area contributed by atoms with Crippen LogP contribution in [0.4, 0.5) is 17.1 Å². The third kappa shape index (κ3) is 3.71. The highest BCUT2D eigenvalue weighted by atomic mass is 35.5. The van der Waals surface area contributed by atoms with E-state index in [0.29, 0.717) is 0 Å². The molecule has 6 aromatic carbocycles. The monoisotopic (exact) mass is 455 g/mol. The minimum atomic E-state index is 0.751. The van der Waals surface area contributed by atoms with Crippen LogP contribution in [0.1, 0.15) is 0 Å². The van der Waals surface area contributed by atoms with E-state index in [0.717, 1.165) is 27.6 Å². The molecule has 1 nitrogen and oxygen atoms in total. The Balaban J connectivity index is 1.59. The van der Waals surface area contributed by atoms with Crippen LogP contribution in [0, 0.1) is 0 Å². The molecular formula is C32H22ClN. The van der Waals surface area contributed by atoms with Crippen molar-refractivity contribution in [1.82, 2.24) is 0 Å². The molecule has 0 amide bonds. The molecule has 6 rings (SSSR count). The largest absolute Gasteiger partial charge is 0.310 e. The summed E-state index contributed by atoms with van der Waals surface area (Å²) in [6.45, 7) is 0. The van der Waals surface area contributed by atoms with Crippen molar-refractivity contribution in [2.45, 2.75) is 0 Å². The number of benzene rings is 6. The van der Waals surface area contributed by atoms with Gasteiger partial charge in [-0.05, 0) is 75.8 Å². The summed E-state index contributed by atoms with van der Waals surface area (Å²) >= 11 is 6.12. The number of para-hydroxylation sites is 2. The first-order valence-corrected chi connectivity index (χ1v) is 11.8. The van der Waals surface area contributed by atoms with Gasteiger partial charge in [0.2, 0.25) is 0 Å². The zero-order chi connectivity index (χ0) is 22.9. The highest BCUT2D eigenvalue weighted by molar-refractivity contribution is 6.30. The average Bonchev–Trinajstić information content (AvgIpc) is 2.90. The van der Waals surface area contributed by atoms with Crippen LogP contribution in [0.2, 0.25) is 5.02 Å². The second-order valence-electron chi connectivity index (χ2n) is 8.39. The van der Waals surface area contributed by atoms with Crippen molar-refractivity contribution in [1.29, 1.82) is 0 Å². The standard InChI is InChI=1S/C32H22ClN/c33-26-19-16-23(17-20-26)25-15-14-24-18-21-30-29(31(24)22-25)12-7-13-32(30)34(27-8-3-1-4-9-27)28-10-5-2-6-11-28/h1-22H. The number of halogens is 1. The van der Waals surface area contributed by atoms with Gasteiger partial charge in [0.25, 0.3) is 0 Å². The molecule has 0 spiro atoms. The second kappa shape index (κ2) is 8.70. The molecule has 0 saturated carbocycles. The van der Waals surface area contributed by atoms with E-state index in [1.165, 1.54) is 27.1 Å². The Morgan fingerprint density at radius 2 is 1.06 bits per heavy atom. The summed E-state index contributed by atoms with van der Waals surface area (Å²) < 4.78 is 0. The molecule has 0 aliphatic rings. The van der Waals surface area contributed by atoms with E-state index < -0.39 is 0 Å². The molecule has 0 fully saturated rings. The zero-order valence-electron chi connectivity index (χ0n) is 18.5. The van der Waals surface area contributed by atoms with Crippen LogP contribution in [0.3, 0.4) is 0 Å². The second-order valence-corrected chi connectivity index (χ2v) is 8.82. The Bertz CT molecular complexity index is 1550. The van der Waals surface area contributed by atoms with Gasteiger partial charge in [-0.15, -0.1) is 0 Å². The number of hydrogen-bond acceptors (Lipinski definition) is 1. The Hall–Kier alpha value is -4.07. The van der Waals surface area contributed by atoms with Crippen molar-refractivity contribution in [2.24, 2.45) is 0 Å². The molecule has 0 aromatic heterocycles. The van der Waals surface area contributed by atoms with Crippen LogP contribution >= 0.6 is 11.6 Å². The van der Waals surface area contributed by atoms with Crippen molar-refractivity contribution < 1.29 is 0 Å². The molecule has 0 radical (unpaired) electrons. The third-order valence-corrected chi connectivity index (χ3v) is 6.56. The van der Waals surface area contributed by atoms with Crippen LogP contribution in [-0.2, 0) is 0 Å². The fraction of sp³-hybridized carbons (Fsp3) is 0. The molecular weight excluding hydrogens is 434 g/mol. The number of anilines is 3. The van der Waals surface area contributed by atoms with Crippen LogP contribution in [0.5, 0.6) is 0 Å². The Morgan fingerprint density at radius 3 is 1.74 bits per heavy atom. The van der Waals surface area contributed by atoms with Gasteiger partial charge in [0, 0.05) is 21.8 Å². The van der Waals surface area contributed by atoms with Crippen LogP contribution in [-0.4, -0.2) is 0 Å². The maximum absolute atomic E-state index is 6.12. The highest BCUT2D eigenvalue weighted by Gasteiger charge is 2.15. The lowest BCUT2D eigenvalue weighted by Crippen LogP contribution is -2.10. The van der Waals surface area contributed by atoms with E-state index in [1.807, 2.05) is 12.1 Å². The topological polar surface area (TPSA) is 3.24 Å². The van der Waals surface area contributed by atoms with Crippen LogP contribution < -0.4 is 4.90 Å². The molecule has 162 valence electrons. The zero-order valence-corrected chi connectivity index (χ0v) is 19.3. The molecule has 6 aromatic rings. The van der Waals surface area contributed by atoms with Gasteiger partial charge in [-0.3, -0.25) is 0 Å². The summed E-state index contributed by atoms with van der Waals surface area (Å²) in [6.07, 6.45) is 0. The van der Waals surface area contributed by atoms with E-state index >= 15 is 0 Å². The lowest BCUT2D eigenvalue weighted by molar-refractivity contribution is 1.30. The van der Waals surface area contributed by atoms with Crippen LogP contribution in [0.15, 0.2) is 133 Å². The van der Waals surface area contributed by atoms with Gasteiger partial charge >= 0.3 is 0 Å². The van der Waals surface area contributed by atoms with Crippen molar-refractivity contribution in [3.8, 4) is 11.1 Å². The summed E-state index contributed by atoms with van der Waals surface area (Å²) in [5, 5.41) is 5.68. The minimum Gasteiger partial charge on any atom is -0.310 e. The summed E-state index contributed by atoms with van der Waals surface area (Å²) in [5.41, 5.74) is 5.78. The molecule has 0 bridgehead atoms. The van der Waals surface area contributed by atoms with Crippen molar-refractivity contribution >= 4 is 50.2 Å². The van der Waals surface area contributed by atoms with E-state index in [1.54, 1.807) is 0 Å². The predicted octanol–water partition coefficient (Wildman–Crippen LogP) is 9.78. The molecule has 0 aliphatic heterocycles. The number of fused-ring (bicyclic) bond motifs is 3. The normalized spacial score (nSPS) is 11.1. The first kappa shape index (κ1) is 20.5. The van der Waals surface area contributed by atoms with Gasteiger partial charge < -0.3 is 4.90 Å². The van der Waals surface area contributed by atoms with E-state index in [4.69, 9.17) is 11.6 Å². The fourth-order valence-electron chi connectivity index (χ4n) is 4.67. The van der Waals surface area contributed by atoms with Gasteiger partial charge in [-0.2, -0.15) is 0 Å². The smallest absolute Gasteiger partial charge is 0.0540 e. The number of hydrogen-bond donors (Lipinski definition) is 0. The lowest BCUT2D eigenvalue weighted by Gasteiger charge is -2.27. The summed E-state index contributed by atoms with van der Waals surface area (Å²) in [7, 11) is 0. The molecule has 0 N–H and O–H groups in total. The average molecular weight is 456 g/mol. The number of nitrogens with zero attached hydrogens (tertiary/aromatic N) is 1. The maximum Gasteiger partial charge on any atom is 0.0540 e. The Labute approximate surface area is 204 Å². The fourth-order valence-corrected chi connectivity index (χ4v) is 4.80. The quantitative estimate of drug-likeness (QED) is 0.239. The van der Waals surface area contributed by atoms with Gasteiger partial charge in [0.1, 0.15) is 0 Å². The minimum absolute atomic E-state index is 0.751. The first-order valence-electron chi connectivity index (χ1n) is 11.4. The molecule has 34 heavy (non-hydrogen) atoms. The maximum atomic E-state index is 6.12. The molecule has 0 atom stereocenters. The molecule has 0 saturated heterocycles. The van der Waals surface area contributed by atoms with E-state index in [2.05, 4.69) is 126 Å². The predicted molar refractivity (Wildman–Crippen MR) is 147 cm³/mol. The van der Waals surface area contributed by atoms with Crippen molar-refractivity contribution in [3.63, 3.8) is 0 Å². The molecule has 0 aliphatic carbocycles. The van der Waals surface area contributed by atoms with E-state index in [9.17, 15) is 0 Å². The first-order chi connectivity index (χ1) is 16.8. The summed E-state index contributed by atoms with van der Waals surface area (Å²) in [5.74, 6) is 0. The summed E-state index contributed by atoms with van der Waals surface area (Å²) in [6, 6.07) is 46.9. The van der Waals surface area contributed by atoms with Gasteiger partial charge in [0.05, 0.1) is 5.69 Å². The van der Waals surface area contributed by atoms with E-state index in [-0.39, 0.29) is 0 Å². The highest BCUT2D eigenvalue weighted by Crippen LogP contribution is 2.40. The molecule has 0 heterocycles. The Morgan fingerprint density at radius 1 is 0.441 bits per heavy atom. The van der Waals surface area contributed by atoms with Crippen LogP contribution in [0.25, 0.3) is 32.7 Å². The lowest BCUT2D eigenvalue weighted by atomic mass is 9.96. The number of rotatable bonds is 4. The third-order valence-electron chi connectivity index (χ3n) is 6.30. The van der Waals surface area contributed by atoms with Crippen molar-refractivity contribution in [2.75, 3.05) is 4.90 Å². The SMILES string of the molecule is Clc1ccc(-c2ccc3ccc4c(N(c5ccccc5)c5ccccc5)cccc4c3c2)cc1.